The molecular formula is C24H26N2O2. The van der Waals surface area contributed by atoms with Crippen molar-refractivity contribution < 1.29 is 9.53 Å². The fourth-order valence-corrected chi connectivity index (χ4v) is 2.98. The number of ether oxygens (including phenoxy) is 1. The summed E-state index contributed by atoms with van der Waals surface area (Å²) in [6.45, 7) is 2.47. The van der Waals surface area contributed by atoms with Crippen molar-refractivity contribution in [2.24, 2.45) is 0 Å². The molecule has 0 aliphatic heterocycles. The Hall–Kier alpha value is -3.27. The van der Waals surface area contributed by atoms with Crippen LogP contribution in [0, 0.1) is 0 Å². The Kier molecular flexibility index (Phi) is 6.68. The van der Waals surface area contributed by atoms with Crippen LogP contribution in [0.3, 0.4) is 0 Å². The van der Waals surface area contributed by atoms with Crippen molar-refractivity contribution in [3.63, 3.8) is 0 Å². The number of methoxy groups -OCH3 is 1. The maximum Gasteiger partial charge on any atom is 0.242 e. The molecule has 0 saturated carbocycles. The Morgan fingerprint density at radius 2 is 1.54 bits per heavy atom. The summed E-state index contributed by atoms with van der Waals surface area (Å²) in [4.78, 5) is 12.3. The number of benzene rings is 3. The third-order valence-corrected chi connectivity index (χ3v) is 4.64. The maximum absolute atomic E-state index is 12.3. The third-order valence-electron chi connectivity index (χ3n) is 4.64. The van der Waals surface area contributed by atoms with Gasteiger partial charge in [0.25, 0.3) is 0 Å². The molecule has 4 heteroatoms. The van der Waals surface area contributed by atoms with Crippen molar-refractivity contribution in [3.8, 4) is 16.9 Å². The molecule has 3 aromatic carbocycles. The van der Waals surface area contributed by atoms with E-state index in [2.05, 4.69) is 34.9 Å². The van der Waals surface area contributed by atoms with Crippen LogP contribution in [0.1, 0.15) is 12.5 Å². The van der Waals surface area contributed by atoms with Gasteiger partial charge in [0, 0.05) is 12.2 Å². The zero-order valence-corrected chi connectivity index (χ0v) is 16.3. The van der Waals surface area contributed by atoms with Gasteiger partial charge >= 0.3 is 0 Å². The SMILES string of the molecule is COc1ccc(CCNC(=O)C(C)Nc2ccc(-c3ccccc3)cc2)cc1. The average molecular weight is 374 g/mol. The van der Waals surface area contributed by atoms with E-state index in [0.29, 0.717) is 6.54 Å². The molecule has 3 rings (SSSR count). The Balaban J connectivity index is 1.47. The zero-order chi connectivity index (χ0) is 19.8. The second-order valence-corrected chi connectivity index (χ2v) is 6.70. The van der Waals surface area contributed by atoms with Crippen molar-refractivity contribution in [3.05, 3.63) is 84.4 Å². The number of nitrogens with one attached hydrogen (secondary N) is 2. The average Bonchev–Trinajstić information content (AvgIpc) is 2.75. The summed E-state index contributed by atoms with van der Waals surface area (Å²) in [5, 5.41) is 6.24. The van der Waals surface area contributed by atoms with Crippen molar-refractivity contribution in [2.45, 2.75) is 19.4 Å². The molecule has 1 atom stereocenters. The lowest BCUT2D eigenvalue weighted by Crippen LogP contribution is -2.38. The monoisotopic (exact) mass is 374 g/mol. The molecule has 0 fully saturated rings. The Morgan fingerprint density at radius 1 is 0.893 bits per heavy atom. The minimum Gasteiger partial charge on any atom is -0.497 e. The van der Waals surface area contributed by atoms with Crippen LogP contribution in [0.5, 0.6) is 5.75 Å². The molecule has 0 aliphatic rings. The van der Waals surface area contributed by atoms with Gasteiger partial charge < -0.3 is 15.4 Å². The van der Waals surface area contributed by atoms with Crippen LogP contribution in [-0.4, -0.2) is 25.6 Å². The number of carbonyl (C=O) groups excluding carboxylic acids is 1. The molecule has 0 heterocycles. The molecule has 0 aromatic heterocycles. The van der Waals surface area contributed by atoms with Gasteiger partial charge in [0.05, 0.1) is 7.11 Å². The van der Waals surface area contributed by atoms with E-state index in [-0.39, 0.29) is 11.9 Å². The predicted octanol–water partition coefficient (Wildman–Crippen LogP) is 4.52. The zero-order valence-electron chi connectivity index (χ0n) is 16.3. The summed E-state index contributed by atoms with van der Waals surface area (Å²) in [7, 11) is 1.65. The van der Waals surface area contributed by atoms with E-state index in [1.165, 1.54) is 11.1 Å². The summed E-state index contributed by atoms with van der Waals surface area (Å²) < 4.78 is 5.15. The van der Waals surface area contributed by atoms with Crippen LogP contribution >= 0.6 is 0 Å². The van der Waals surface area contributed by atoms with Crippen LogP contribution in [0.15, 0.2) is 78.9 Å². The van der Waals surface area contributed by atoms with Gasteiger partial charge in [-0.2, -0.15) is 0 Å². The summed E-state index contributed by atoms with van der Waals surface area (Å²) in [6.07, 6.45) is 0.786. The fourth-order valence-electron chi connectivity index (χ4n) is 2.98. The molecule has 0 spiro atoms. The highest BCUT2D eigenvalue weighted by molar-refractivity contribution is 5.84. The van der Waals surface area contributed by atoms with Gasteiger partial charge in [0.15, 0.2) is 0 Å². The Labute approximate surface area is 166 Å². The maximum atomic E-state index is 12.3. The van der Waals surface area contributed by atoms with E-state index in [1.807, 2.05) is 61.5 Å². The molecule has 0 radical (unpaired) electrons. The van der Waals surface area contributed by atoms with Crippen LogP contribution in [0.2, 0.25) is 0 Å². The molecule has 0 aliphatic carbocycles. The molecule has 3 aromatic rings. The number of carbonyl (C=O) groups is 1. The largest absolute Gasteiger partial charge is 0.497 e. The van der Waals surface area contributed by atoms with E-state index in [9.17, 15) is 4.79 Å². The summed E-state index contributed by atoms with van der Waals surface area (Å²) in [5.41, 5.74) is 4.43. The van der Waals surface area contributed by atoms with E-state index in [0.717, 1.165) is 23.4 Å². The molecule has 4 nitrogen and oxygen atoms in total. The highest BCUT2D eigenvalue weighted by atomic mass is 16.5. The van der Waals surface area contributed by atoms with Crippen molar-refractivity contribution in [2.75, 3.05) is 19.0 Å². The summed E-state index contributed by atoms with van der Waals surface area (Å²) in [6, 6.07) is 25.9. The first kappa shape index (κ1) is 19.5. The van der Waals surface area contributed by atoms with Gasteiger partial charge in [-0.15, -0.1) is 0 Å². The van der Waals surface area contributed by atoms with Crippen LogP contribution in [0.4, 0.5) is 5.69 Å². The highest BCUT2D eigenvalue weighted by Gasteiger charge is 2.12. The van der Waals surface area contributed by atoms with Gasteiger partial charge in [-0.05, 0) is 54.3 Å². The van der Waals surface area contributed by atoms with Crippen LogP contribution < -0.4 is 15.4 Å². The lowest BCUT2D eigenvalue weighted by Gasteiger charge is -2.16. The van der Waals surface area contributed by atoms with Gasteiger partial charge in [0.1, 0.15) is 11.8 Å². The number of rotatable bonds is 8. The minimum atomic E-state index is -0.307. The number of hydrogen-bond donors (Lipinski definition) is 2. The van der Waals surface area contributed by atoms with Gasteiger partial charge in [-0.1, -0.05) is 54.6 Å². The molecular weight excluding hydrogens is 348 g/mol. The third kappa shape index (κ3) is 5.36. The summed E-state index contributed by atoms with van der Waals surface area (Å²) in [5.74, 6) is 0.824. The highest BCUT2D eigenvalue weighted by Crippen LogP contribution is 2.21. The quantitative estimate of drug-likeness (QED) is 0.609. The fraction of sp³-hybridized carbons (Fsp3) is 0.208. The second-order valence-electron chi connectivity index (χ2n) is 6.70. The first-order valence-electron chi connectivity index (χ1n) is 9.48. The topological polar surface area (TPSA) is 50.4 Å². The van der Waals surface area contributed by atoms with Gasteiger partial charge in [-0.25, -0.2) is 0 Å². The van der Waals surface area contributed by atoms with E-state index in [4.69, 9.17) is 4.74 Å². The molecule has 1 amide bonds. The van der Waals surface area contributed by atoms with Crippen LogP contribution in [-0.2, 0) is 11.2 Å². The molecule has 144 valence electrons. The van der Waals surface area contributed by atoms with Crippen LogP contribution in [0.25, 0.3) is 11.1 Å². The van der Waals surface area contributed by atoms with Crippen molar-refractivity contribution in [1.82, 2.24) is 5.32 Å². The number of anilines is 1. The first-order chi connectivity index (χ1) is 13.7. The van der Waals surface area contributed by atoms with Crippen molar-refractivity contribution in [1.29, 1.82) is 0 Å². The Morgan fingerprint density at radius 3 is 2.18 bits per heavy atom. The number of amides is 1. The van der Waals surface area contributed by atoms with E-state index in [1.54, 1.807) is 7.11 Å². The minimum absolute atomic E-state index is 0.0133. The molecule has 1 unspecified atom stereocenters. The van der Waals surface area contributed by atoms with E-state index >= 15 is 0 Å². The lowest BCUT2D eigenvalue weighted by molar-refractivity contribution is -0.121. The second kappa shape index (κ2) is 9.60. The Bertz CT molecular complexity index is 875. The normalized spacial score (nSPS) is 11.5. The summed E-state index contributed by atoms with van der Waals surface area (Å²) >= 11 is 0. The molecule has 0 saturated heterocycles. The smallest absolute Gasteiger partial charge is 0.242 e. The molecule has 0 bridgehead atoms. The first-order valence-corrected chi connectivity index (χ1v) is 9.48. The van der Waals surface area contributed by atoms with Gasteiger partial charge in [-0.3, -0.25) is 4.79 Å². The van der Waals surface area contributed by atoms with Crippen molar-refractivity contribution >= 4 is 11.6 Å². The van der Waals surface area contributed by atoms with Gasteiger partial charge in [0.2, 0.25) is 5.91 Å². The molecule has 2 N–H and O–H groups in total. The number of hydrogen-bond acceptors (Lipinski definition) is 3. The standard InChI is InChI=1S/C24H26N2O2/c1-18(24(27)25-17-16-19-8-14-23(28-2)15-9-19)26-22-12-10-21(11-13-22)20-6-4-3-5-7-20/h3-15,18,26H,16-17H2,1-2H3,(H,25,27). The lowest BCUT2D eigenvalue weighted by atomic mass is 10.1. The van der Waals surface area contributed by atoms with E-state index < -0.39 is 0 Å². The predicted molar refractivity (Wildman–Crippen MR) is 115 cm³/mol. The molecule has 28 heavy (non-hydrogen) atoms.